The number of carbonyl (C=O) groups excluding carboxylic acids is 1. The number of benzene rings is 2. The van der Waals surface area contributed by atoms with Crippen LogP contribution in [0.4, 0.5) is 5.69 Å². The number of phenols is 1. The third kappa shape index (κ3) is 4.53. The summed E-state index contributed by atoms with van der Waals surface area (Å²) in [5, 5.41) is 13.3. The molecule has 2 N–H and O–H groups in total. The van der Waals surface area contributed by atoms with Crippen LogP contribution in [0.1, 0.15) is 12.5 Å². The minimum absolute atomic E-state index is 0.0159. The summed E-state index contributed by atoms with van der Waals surface area (Å²) in [5.74, 6) is 0.808. The molecule has 0 saturated carbocycles. The third-order valence-electron chi connectivity index (χ3n) is 3.71. The highest BCUT2D eigenvalue weighted by Crippen LogP contribution is 2.43. The molecule has 2 aromatic rings. The van der Waals surface area contributed by atoms with Crippen LogP contribution >= 0.6 is 43.6 Å². The minimum Gasteiger partial charge on any atom is -0.503 e. The van der Waals surface area contributed by atoms with E-state index < -0.39 is 0 Å². The second-order valence-electron chi connectivity index (χ2n) is 5.55. The molecule has 1 aliphatic rings. The molecule has 0 aromatic heterocycles. The van der Waals surface area contributed by atoms with Crippen LogP contribution < -0.4 is 14.8 Å². The van der Waals surface area contributed by atoms with E-state index in [1.807, 2.05) is 31.2 Å². The first-order valence-corrected chi connectivity index (χ1v) is 10.6. The molecule has 0 atom stereocenters. The second-order valence-corrected chi connectivity index (χ2v) is 8.17. The fourth-order valence-electron chi connectivity index (χ4n) is 2.39. The molecule has 0 bridgehead atoms. The van der Waals surface area contributed by atoms with E-state index in [1.165, 1.54) is 18.9 Å². The minimum atomic E-state index is -0.246. The number of rotatable bonds is 5. The highest BCUT2D eigenvalue weighted by molar-refractivity contribution is 9.13. The van der Waals surface area contributed by atoms with Gasteiger partial charge in [0, 0.05) is 4.47 Å². The van der Waals surface area contributed by atoms with Gasteiger partial charge in [0.2, 0.25) is 0 Å². The Balaban J connectivity index is 1.86. The number of amides is 1. The standard InChI is InChI=1S/C19H16Br2N2O4S/c1-3-27-12-6-4-11(5-7-12)22-19-23-18(25)14(28-19)9-10-8-13(26-2)17(24)16(21)15(10)20/h4-9,24H,3H2,1-2H3,(H,22,23,25)/b14-9+. The van der Waals surface area contributed by atoms with Crippen LogP contribution in [0.15, 0.2) is 49.2 Å². The number of carbonyl (C=O) groups is 1. The van der Waals surface area contributed by atoms with Crippen LogP contribution in [0.2, 0.25) is 0 Å². The van der Waals surface area contributed by atoms with Crippen LogP contribution in [-0.4, -0.2) is 29.9 Å². The molecule has 1 aliphatic heterocycles. The summed E-state index contributed by atoms with van der Waals surface area (Å²) in [6.45, 7) is 2.52. The predicted molar refractivity (Wildman–Crippen MR) is 118 cm³/mol. The number of halogens is 2. The summed E-state index contributed by atoms with van der Waals surface area (Å²) >= 11 is 7.97. The third-order valence-corrected chi connectivity index (χ3v) is 6.78. The normalized spacial score (nSPS) is 16.5. The Hall–Kier alpha value is -1.97. The van der Waals surface area contributed by atoms with Crippen LogP contribution in [0.5, 0.6) is 17.2 Å². The molecular weight excluding hydrogens is 512 g/mol. The summed E-state index contributed by atoms with van der Waals surface area (Å²) in [7, 11) is 1.46. The first kappa shape index (κ1) is 20.8. The second kappa shape index (κ2) is 9.02. The molecule has 0 radical (unpaired) electrons. The van der Waals surface area contributed by atoms with Gasteiger partial charge >= 0.3 is 0 Å². The SMILES string of the molecule is CCOc1ccc(N=C2NC(=O)/C(=C\c3cc(OC)c(O)c(Br)c3Br)S2)cc1. The quantitative estimate of drug-likeness (QED) is 0.521. The first-order chi connectivity index (χ1) is 13.4. The fraction of sp³-hybridized carbons (Fsp3) is 0.158. The number of aromatic hydroxyl groups is 1. The van der Waals surface area contributed by atoms with Gasteiger partial charge in [-0.3, -0.25) is 4.79 Å². The van der Waals surface area contributed by atoms with E-state index in [1.54, 1.807) is 12.1 Å². The molecule has 1 saturated heterocycles. The lowest BCUT2D eigenvalue weighted by molar-refractivity contribution is -0.115. The summed E-state index contributed by atoms with van der Waals surface area (Å²) in [5.41, 5.74) is 1.39. The maximum Gasteiger partial charge on any atom is 0.264 e. The van der Waals surface area contributed by atoms with Crippen LogP contribution in [0.3, 0.4) is 0 Å². The molecule has 146 valence electrons. The number of thioether (sulfide) groups is 1. The Morgan fingerprint density at radius 1 is 1.25 bits per heavy atom. The largest absolute Gasteiger partial charge is 0.503 e. The zero-order valence-electron chi connectivity index (χ0n) is 15.0. The Morgan fingerprint density at radius 3 is 2.61 bits per heavy atom. The van der Waals surface area contributed by atoms with E-state index in [0.29, 0.717) is 42.6 Å². The van der Waals surface area contributed by atoms with E-state index in [0.717, 1.165) is 5.75 Å². The van der Waals surface area contributed by atoms with Gasteiger partial charge in [0.25, 0.3) is 5.91 Å². The topological polar surface area (TPSA) is 80.2 Å². The first-order valence-electron chi connectivity index (χ1n) is 8.20. The predicted octanol–water partition coefficient (Wildman–Crippen LogP) is 5.22. The molecule has 3 rings (SSSR count). The van der Waals surface area contributed by atoms with Crippen molar-refractivity contribution < 1.29 is 19.4 Å². The van der Waals surface area contributed by atoms with Crippen LogP contribution in [0.25, 0.3) is 6.08 Å². The van der Waals surface area contributed by atoms with Crippen molar-refractivity contribution in [3.05, 3.63) is 49.7 Å². The van der Waals surface area contributed by atoms with E-state index in [-0.39, 0.29) is 11.7 Å². The number of methoxy groups -OCH3 is 1. The van der Waals surface area contributed by atoms with Gasteiger partial charge in [0.15, 0.2) is 16.7 Å². The van der Waals surface area contributed by atoms with Crippen LogP contribution in [-0.2, 0) is 4.79 Å². The average molecular weight is 528 g/mol. The smallest absolute Gasteiger partial charge is 0.264 e. The van der Waals surface area contributed by atoms with Crippen molar-refractivity contribution in [3.63, 3.8) is 0 Å². The van der Waals surface area contributed by atoms with E-state index in [2.05, 4.69) is 42.2 Å². The van der Waals surface area contributed by atoms with Crippen molar-refractivity contribution in [1.29, 1.82) is 0 Å². The highest BCUT2D eigenvalue weighted by atomic mass is 79.9. The zero-order chi connectivity index (χ0) is 20.3. The van der Waals surface area contributed by atoms with Gasteiger partial charge in [-0.25, -0.2) is 4.99 Å². The Labute approximate surface area is 183 Å². The lowest BCUT2D eigenvalue weighted by atomic mass is 10.2. The molecule has 6 nitrogen and oxygen atoms in total. The van der Waals surface area contributed by atoms with Crippen molar-refractivity contribution in [2.24, 2.45) is 4.99 Å². The molecule has 1 heterocycles. The number of nitrogens with one attached hydrogen (secondary N) is 1. The van der Waals surface area contributed by atoms with Gasteiger partial charge in [-0.05, 0) is 92.5 Å². The van der Waals surface area contributed by atoms with Crippen LogP contribution in [0, 0.1) is 0 Å². The molecule has 0 spiro atoms. The average Bonchev–Trinajstić information content (AvgIpc) is 3.03. The number of phenolic OH excluding ortho intramolecular Hbond substituents is 1. The summed E-state index contributed by atoms with van der Waals surface area (Å²) in [4.78, 5) is 17.3. The number of nitrogens with zero attached hydrogens (tertiary/aromatic N) is 1. The van der Waals surface area contributed by atoms with Crippen molar-refractivity contribution in [2.75, 3.05) is 13.7 Å². The molecule has 0 unspecified atom stereocenters. The fourth-order valence-corrected chi connectivity index (χ4v) is 4.07. The molecule has 0 aliphatic carbocycles. The van der Waals surface area contributed by atoms with Gasteiger partial charge in [0.1, 0.15) is 5.75 Å². The number of hydrogen-bond donors (Lipinski definition) is 2. The van der Waals surface area contributed by atoms with E-state index in [9.17, 15) is 9.90 Å². The molecule has 1 amide bonds. The molecule has 9 heteroatoms. The number of aliphatic imine (C=N–C) groups is 1. The van der Waals surface area contributed by atoms with Gasteiger partial charge in [-0.2, -0.15) is 0 Å². The van der Waals surface area contributed by atoms with E-state index >= 15 is 0 Å². The maximum atomic E-state index is 12.3. The lowest BCUT2D eigenvalue weighted by Crippen LogP contribution is -2.19. The Bertz CT molecular complexity index is 975. The van der Waals surface area contributed by atoms with Gasteiger partial charge in [-0.15, -0.1) is 0 Å². The van der Waals surface area contributed by atoms with E-state index in [4.69, 9.17) is 9.47 Å². The van der Waals surface area contributed by atoms with Crippen molar-refractivity contribution >= 4 is 66.5 Å². The van der Waals surface area contributed by atoms with Gasteiger partial charge in [0.05, 0.1) is 28.8 Å². The van der Waals surface area contributed by atoms with Crippen molar-refractivity contribution in [2.45, 2.75) is 6.92 Å². The van der Waals surface area contributed by atoms with Gasteiger partial charge < -0.3 is 19.9 Å². The maximum absolute atomic E-state index is 12.3. The molecule has 28 heavy (non-hydrogen) atoms. The summed E-state index contributed by atoms with van der Waals surface area (Å²) in [6.07, 6.45) is 1.71. The molecule has 1 fully saturated rings. The van der Waals surface area contributed by atoms with Gasteiger partial charge in [-0.1, -0.05) is 0 Å². The monoisotopic (exact) mass is 526 g/mol. The summed E-state index contributed by atoms with van der Waals surface area (Å²) < 4.78 is 11.6. The Kier molecular flexibility index (Phi) is 6.69. The lowest BCUT2D eigenvalue weighted by Gasteiger charge is -2.10. The number of hydrogen-bond acceptors (Lipinski definition) is 6. The summed E-state index contributed by atoms with van der Waals surface area (Å²) in [6, 6.07) is 8.96. The number of ether oxygens (including phenoxy) is 2. The molecule has 2 aromatic carbocycles. The van der Waals surface area contributed by atoms with Crippen molar-refractivity contribution in [3.8, 4) is 17.2 Å². The molecular formula is C19H16Br2N2O4S. The van der Waals surface area contributed by atoms with Crippen molar-refractivity contribution in [1.82, 2.24) is 5.32 Å². The number of amidine groups is 1. The zero-order valence-corrected chi connectivity index (χ0v) is 18.9. The Morgan fingerprint density at radius 2 is 1.96 bits per heavy atom. The highest BCUT2D eigenvalue weighted by Gasteiger charge is 2.25.